The van der Waals surface area contributed by atoms with Crippen molar-refractivity contribution in [1.29, 1.82) is 0 Å². The molecule has 6 nitrogen and oxygen atoms in total. The summed E-state index contributed by atoms with van der Waals surface area (Å²) in [5.41, 5.74) is 2.18. The first kappa shape index (κ1) is 26.0. The normalized spacial score (nSPS) is 10.7. The number of carboxylic acids is 1. The second-order valence-electron chi connectivity index (χ2n) is 7.62. The average Bonchev–Trinajstić information content (AvgIpc) is 2.74. The minimum atomic E-state index is -0.800. The summed E-state index contributed by atoms with van der Waals surface area (Å²) in [6, 6.07) is 5.98. The summed E-state index contributed by atoms with van der Waals surface area (Å²) in [4.78, 5) is 22.2. The summed E-state index contributed by atoms with van der Waals surface area (Å²) in [7, 11) is 1.41. The number of hydrogen-bond acceptors (Lipinski definition) is 5. The van der Waals surface area contributed by atoms with Crippen molar-refractivity contribution in [2.24, 2.45) is 0 Å². The molecule has 0 aliphatic rings. The summed E-state index contributed by atoms with van der Waals surface area (Å²) >= 11 is 0. The zero-order chi connectivity index (χ0) is 22.0. The Kier molecular flexibility index (Phi) is 14.4. The monoisotopic (exact) mass is 422 g/mol. The highest BCUT2D eigenvalue weighted by atomic mass is 16.5. The Morgan fingerprint density at radius 3 is 2.30 bits per heavy atom. The van der Waals surface area contributed by atoms with Gasteiger partial charge in [-0.15, -0.1) is 0 Å². The topological polar surface area (TPSA) is 93.1 Å². The molecule has 6 heteroatoms. The van der Waals surface area contributed by atoms with Crippen molar-refractivity contribution in [2.45, 2.75) is 83.5 Å². The third-order valence-electron chi connectivity index (χ3n) is 5.18. The fourth-order valence-electron chi connectivity index (χ4n) is 3.46. The van der Waals surface area contributed by atoms with E-state index in [9.17, 15) is 9.59 Å². The van der Waals surface area contributed by atoms with Crippen LogP contribution in [0.2, 0.25) is 0 Å². The number of aryl methyl sites for hydroxylation is 1. The van der Waals surface area contributed by atoms with Crippen LogP contribution in [0.5, 0.6) is 5.75 Å². The van der Waals surface area contributed by atoms with E-state index in [4.69, 9.17) is 14.9 Å². The van der Waals surface area contributed by atoms with Crippen LogP contribution in [0.4, 0.5) is 0 Å². The summed E-state index contributed by atoms with van der Waals surface area (Å²) in [5.74, 6) is -0.152. The Morgan fingerprint density at radius 2 is 1.57 bits per heavy atom. The van der Waals surface area contributed by atoms with Crippen LogP contribution in [0, 0.1) is 0 Å². The van der Waals surface area contributed by atoms with Crippen LogP contribution in [0.3, 0.4) is 0 Å². The van der Waals surface area contributed by atoms with Crippen molar-refractivity contribution in [1.82, 2.24) is 0 Å². The van der Waals surface area contributed by atoms with Crippen LogP contribution in [0.25, 0.3) is 0 Å². The standard InChI is InChI=1S/C24H38O6/c1-29-24(28)15-8-3-2-6-10-19-30-22-14-11-13-20(12-7-4-5-9-18-25)21(22)16-17-23(26)27/h11,13-14,25H,2-10,12,15-19H2,1H3,(H,26,27). The summed E-state index contributed by atoms with van der Waals surface area (Å²) in [6.45, 7) is 0.843. The maximum Gasteiger partial charge on any atom is 0.305 e. The van der Waals surface area contributed by atoms with Gasteiger partial charge in [-0.3, -0.25) is 9.59 Å². The van der Waals surface area contributed by atoms with Crippen LogP contribution < -0.4 is 4.74 Å². The Bertz CT molecular complexity index is 614. The van der Waals surface area contributed by atoms with Gasteiger partial charge in [0, 0.05) is 19.4 Å². The molecule has 170 valence electrons. The van der Waals surface area contributed by atoms with Gasteiger partial charge in [-0.25, -0.2) is 0 Å². The zero-order valence-electron chi connectivity index (χ0n) is 18.4. The van der Waals surface area contributed by atoms with Gasteiger partial charge in [-0.05, 0) is 55.7 Å². The Morgan fingerprint density at radius 1 is 0.867 bits per heavy atom. The molecule has 0 aliphatic carbocycles. The van der Waals surface area contributed by atoms with E-state index in [0.717, 1.165) is 75.5 Å². The molecule has 2 N–H and O–H groups in total. The van der Waals surface area contributed by atoms with E-state index < -0.39 is 5.97 Å². The molecule has 0 aliphatic heterocycles. The lowest BCUT2D eigenvalue weighted by molar-refractivity contribution is -0.140. The van der Waals surface area contributed by atoms with E-state index in [1.807, 2.05) is 12.1 Å². The first-order valence-corrected chi connectivity index (χ1v) is 11.2. The molecule has 30 heavy (non-hydrogen) atoms. The number of carbonyl (C=O) groups excluding carboxylic acids is 1. The molecular weight excluding hydrogens is 384 g/mol. The van der Waals surface area contributed by atoms with Crippen molar-refractivity contribution in [3.63, 3.8) is 0 Å². The predicted octanol–water partition coefficient (Wildman–Crippen LogP) is 4.69. The van der Waals surface area contributed by atoms with Crippen molar-refractivity contribution < 1.29 is 29.3 Å². The van der Waals surface area contributed by atoms with E-state index in [2.05, 4.69) is 10.8 Å². The molecule has 0 saturated heterocycles. The van der Waals surface area contributed by atoms with Crippen molar-refractivity contribution in [3.8, 4) is 5.75 Å². The lowest BCUT2D eigenvalue weighted by Gasteiger charge is -2.15. The molecule has 1 aromatic carbocycles. The van der Waals surface area contributed by atoms with Gasteiger partial charge in [0.05, 0.1) is 13.7 Å². The number of aliphatic hydroxyl groups is 1. The third kappa shape index (κ3) is 11.8. The predicted molar refractivity (Wildman–Crippen MR) is 117 cm³/mol. The smallest absolute Gasteiger partial charge is 0.305 e. The number of carbonyl (C=O) groups is 2. The van der Waals surface area contributed by atoms with Crippen LogP contribution in [0.15, 0.2) is 18.2 Å². The largest absolute Gasteiger partial charge is 0.493 e. The highest BCUT2D eigenvalue weighted by Gasteiger charge is 2.11. The van der Waals surface area contributed by atoms with Gasteiger partial charge in [-0.1, -0.05) is 44.2 Å². The number of aliphatic hydroxyl groups excluding tert-OH is 1. The number of aliphatic carboxylic acids is 1. The Balaban J connectivity index is 2.47. The van der Waals surface area contributed by atoms with Gasteiger partial charge in [0.25, 0.3) is 0 Å². The number of unbranched alkanes of at least 4 members (excludes halogenated alkanes) is 7. The van der Waals surface area contributed by atoms with Gasteiger partial charge in [-0.2, -0.15) is 0 Å². The molecule has 0 fully saturated rings. The molecule has 0 heterocycles. The number of hydrogen-bond donors (Lipinski definition) is 2. The number of carboxylic acid groups (broad SMARTS) is 1. The number of methoxy groups -OCH3 is 1. The minimum Gasteiger partial charge on any atom is -0.493 e. The van der Waals surface area contributed by atoms with Gasteiger partial charge >= 0.3 is 11.9 Å². The van der Waals surface area contributed by atoms with Crippen LogP contribution >= 0.6 is 0 Å². The minimum absolute atomic E-state index is 0.0953. The van der Waals surface area contributed by atoms with Gasteiger partial charge < -0.3 is 19.7 Å². The van der Waals surface area contributed by atoms with Crippen LogP contribution in [-0.4, -0.2) is 42.5 Å². The lowest BCUT2D eigenvalue weighted by Crippen LogP contribution is -2.06. The van der Waals surface area contributed by atoms with Crippen LogP contribution in [0.1, 0.15) is 81.8 Å². The fourth-order valence-corrected chi connectivity index (χ4v) is 3.46. The number of rotatable bonds is 18. The highest BCUT2D eigenvalue weighted by Crippen LogP contribution is 2.26. The van der Waals surface area contributed by atoms with Crippen LogP contribution in [-0.2, 0) is 27.2 Å². The van der Waals surface area contributed by atoms with E-state index in [1.165, 1.54) is 12.7 Å². The first-order valence-electron chi connectivity index (χ1n) is 11.2. The average molecular weight is 423 g/mol. The fraction of sp³-hybridized carbons (Fsp3) is 0.667. The van der Waals surface area contributed by atoms with Crippen molar-refractivity contribution in [3.05, 3.63) is 29.3 Å². The maximum atomic E-state index is 11.1. The molecule has 0 unspecified atom stereocenters. The Labute approximate surface area is 180 Å². The van der Waals surface area contributed by atoms with E-state index in [1.54, 1.807) is 0 Å². The molecule has 0 saturated carbocycles. The molecule has 0 atom stereocenters. The molecule has 1 rings (SSSR count). The summed E-state index contributed by atoms with van der Waals surface area (Å²) in [5, 5.41) is 18.0. The van der Waals surface area contributed by atoms with E-state index in [-0.39, 0.29) is 19.0 Å². The van der Waals surface area contributed by atoms with Gasteiger partial charge in [0.2, 0.25) is 0 Å². The molecule has 0 spiro atoms. The first-order chi connectivity index (χ1) is 14.6. The second kappa shape index (κ2) is 16.7. The SMILES string of the molecule is COC(=O)CCCCCCCOc1cccc(CCCCCCO)c1CCC(=O)O. The second-order valence-corrected chi connectivity index (χ2v) is 7.62. The van der Waals surface area contributed by atoms with E-state index >= 15 is 0 Å². The maximum absolute atomic E-state index is 11.1. The zero-order valence-corrected chi connectivity index (χ0v) is 18.4. The number of esters is 1. The van der Waals surface area contributed by atoms with Gasteiger partial charge in [0.1, 0.15) is 5.75 Å². The van der Waals surface area contributed by atoms with Gasteiger partial charge in [0.15, 0.2) is 0 Å². The summed E-state index contributed by atoms with van der Waals surface area (Å²) < 4.78 is 10.7. The highest BCUT2D eigenvalue weighted by molar-refractivity contribution is 5.69. The number of ether oxygens (including phenoxy) is 2. The van der Waals surface area contributed by atoms with Crippen molar-refractivity contribution in [2.75, 3.05) is 20.3 Å². The molecule has 0 radical (unpaired) electrons. The third-order valence-corrected chi connectivity index (χ3v) is 5.18. The van der Waals surface area contributed by atoms with E-state index in [0.29, 0.717) is 19.4 Å². The summed E-state index contributed by atoms with van der Waals surface area (Å²) in [6.07, 6.45) is 10.8. The molecule has 0 bridgehead atoms. The Hall–Kier alpha value is -2.08. The quantitative estimate of drug-likeness (QED) is 0.263. The molecular formula is C24H38O6. The number of benzene rings is 1. The van der Waals surface area contributed by atoms with Crippen molar-refractivity contribution >= 4 is 11.9 Å². The molecule has 0 amide bonds. The lowest BCUT2D eigenvalue weighted by atomic mass is 9.97. The molecule has 1 aromatic rings. The molecule has 0 aromatic heterocycles.